The molecule has 0 aromatic heterocycles. The van der Waals surface area contributed by atoms with Crippen LogP contribution in [0.2, 0.25) is 19.6 Å². The van der Waals surface area contributed by atoms with Crippen molar-refractivity contribution < 1.29 is 49.3 Å². The zero-order valence-corrected chi connectivity index (χ0v) is 47.3. The summed E-state index contributed by atoms with van der Waals surface area (Å²) in [5, 5.41) is 0.194. The van der Waals surface area contributed by atoms with Gasteiger partial charge in [0.15, 0.2) is 17.9 Å². The molecule has 9 rings (SSSR count). The Balaban J connectivity index is 0.000000194. The summed E-state index contributed by atoms with van der Waals surface area (Å²) in [5.74, 6) is 6.65. The first-order chi connectivity index (χ1) is 32.6. The van der Waals surface area contributed by atoms with Crippen molar-refractivity contribution in [3.63, 3.8) is 0 Å². The molecule has 0 radical (unpaired) electrons. The Bertz CT molecular complexity index is 2080. The van der Waals surface area contributed by atoms with Gasteiger partial charge in [0.2, 0.25) is 8.32 Å². The second-order valence-corrected chi connectivity index (χ2v) is 31.0. The number of halogens is 5. The highest BCUT2D eigenvalue weighted by Crippen LogP contribution is 2.68. The zero-order valence-electron chi connectivity index (χ0n) is 44.0. The van der Waals surface area contributed by atoms with E-state index >= 15 is 0 Å². The molecule has 0 aromatic carbocycles. The van der Waals surface area contributed by atoms with Crippen LogP contribution in [0.3, 0.4) is 0 Å². The molecule has 0 spiro atoms. The summed E-state index contributed by atoms with van der Waals surface area (Å²) in [4.78, 5) is 35.2. The fourth-order valence-electron chi connectivity index (χ4n) is 15.1. The minimum Gasteiger partial charge on any atom is -0.350 e. The fourth-order valence-corrected chi connectivity index (χ4v) is 18.2. The SMILES string of the molecule is CCCC.C[C@H](C1OCCO1)[C@H]1CCC2C3C=CC4=CC(=O)CC[C@]4(C)C3CC[C@@]21C.C[C@H](C=O)[C@H]1CCC2C3C=CC4=CC(=O)CC[C@]4(C)C3CC[C@@]21C.C[Si](C)(C)OS(=O)(=O)C(F)(F)F.ClCCl. The van der Waals surface area contributed by atoms with Gasteiger partial charge < -0.3 is 18.1 Å². The van der Waals surface area contributed by atoms with Crippen molar-refractivity contribution in [1.29, 1.82) is 0 Å². The van der Waals surface area contributed by atoms with E-state index in [1.165, 1.54) is 101 Å². The first-order valence-electron chi connectivity index (χ1n) is 26.3. The molecular weight excluding hydrogens is 977 g/mol. The number of allylic oxidation sites excluding steroid dienone is 8. The van der Waals surface area contributed by atoms with Crippen LogP contribution < -0.4 is 0 Å². The van der Waals surface area contributed by atoms with Gasteiger partial charge in [0.1, 0.15) is 6.29 Å². The van der Waals surface area contributed by atoms with Gasteiger partial charge in [-0.1, -0.05) is 92.5 Å². The van der Waals surface area contributed by atoms with Gasteiger partial charge in [-0.25, -0.2) is 0 Å². The van der Waals surface area contributed by atoms with Gasteiger partial charge in [0.05, 0.1) is 18.6 Å². The van der Waals surface area contributed by atoms with E-state index in [1.54, 1.807) is 0 Å². The molecule has 1 saturated heterocycles. The molecule has 8 aliphatic carbocycles. The average molecular weight is 1060 g/mol. The summed E-state index contributed by atoms with van der Waals surface area (Å²) in [5.41, 5.74) is -1.64. The topological polar surface area (TPSA) is 113 Å². The molecule has 70 heavy (non-hydrogen) atoms. The molecule has 5 fully saturated rings. The highest BCUT2D eigenvalue weighted by atomic mass is 35.5. The maximum atomic E-state index is 12.0. The Labute approximate surface area is 430 Å². The van der Waals surface area contributed by atoms with Crippen LogP contribution >= 0.6 is 23.2 Å². The van der Waals surface area contributed by atoms with Gasteiger partial charge in [-0.15, -0.1) is 23.2 Å². The van der Waals surface area contributed by atoms with E-state index in [9.17, 15) is 36.0 Å². The lowest BCUT2D eigenvalue weighted by Gasteiger charge is -2.56. The summed E-state index contributed by atoms with van der Waals surface area (Å²) in [6.45, 7) is 24.3. The number of rotatable bonds is 7. The summed E-state index contributed by atoms with van der Waals surface area (Å²) in [6, 6.07) is 0. The van der Waals surface area contributed by atoms with Crippen LogP contribution in [-0.4, -0.2) is 64.9 Å². The monoisotopic (exact) mass is 1060 g/mol. The third kappa shape index (κ3) is 12.4. The Morgan fingerprint density at radius 3 is 1.51 bits per heavy atom. The third-order valence-corrected chi connectivity index (χ3v) is 22.3. The van der Waals surface area contributed by atoms with Crippen molar-refractivity contribution >= 4 is 59.5 Å². The molecule has 14 atom stereocenters. The van der Waals surface area contributed by atoms with Crippen molar-refractivity contribution in [1.82, 2.24) is 0 Å². The van der Waals surface area contributed by atoms with Crippen LogP contribution in [0.5, 0.6) is 0 Å². The van der Waals surface area contributed by atoms with Crippen molar-refractivity contribution in [3.05, 3.63) is 47.6 Å². The summed E-state index contributed by atoms with van der Waals surface area (Å²) < 4.78 is 71.5. The highest BCUT2D eigenvalue weighted by Gasteiger charge is 2.61. The lowest BCUT2D eigenvalue weighted by molar-refractivity contribution is -0.121. The Hall–Kier alpha value is -1.61. The van der Waals surface area contributed by atoms with E-state index in [0.717, 1.165) is 38.4 Å². The molecule has 1 aliphatic heterocycles. The maximum Gasteiger partial charge on any atom is 0.522 e. The summed E-state index contributed by atoms with van der Waals surface area (Å²) in [7, 11) is -8.10. The molecule has 398 valence electrons. The molecule has 4 saturated carbocycles. The van der Waals surface area contributed by atoms with Gasteiger partial charge in [-0.2, -0.15) is 21.6 Å². The van der Waals surface area contributed by atoms with E-state index in [4.69, 9.17) is 32.7 Å². The third-order valence-electron chi connectivity index (χ3n) is 18.9. The Morgan fingerprint density at radius 2 is 1.14 bits per heavy atom. The number of fused-ring (bicyclic) bond motifs is 10. The van der Waals surface area contributed by atoms with Crippen LogP contribution in [0.1, 0.15) is 145 Å². The summed E-state index contributed by atoms with van der Waals surface area (Å²) >= 11 is 9.53. The van der Waals surface area contributed by atoms with Crippen LogP contribution in [0.25, 0.3) is 0 Å². The van der Waals surface area contributed by atoms with Crippen LogP contribution in [0, 0.1) is 80.8 Å². The number of ketones is 2. The molecule has 0 amide bonds. The van der Waals surface area contributed by atoms with Crippen molar-refractivity contribution in [3.8, 4) is 0 Å². The minimum absolute atomic E-state index is 0.00149. The van der Waals surface area contributed by atoms with Gasteiger partial charge in [0, 0.05) is 24.7 Å². The van der Waals surface area contributed by atoms with E-state index in [2.05, 4.69) is 83.6 Å². The lowest BCUT2D eigenvalue weighted by atomic mass is 9.48. The summed E-state index contributed by atoms with van der Waals surface area (Å²) in [6.07, 6.45) is 30.8. The molecule has 15 heteroatoms. The normalized spacial score (nSPS) is 38.2. The second kappa shape index (κ2) is 23.5. The van der Waals surface area contributed by atoms with E-state index < -0.39 is 23.9 Å². The lowest BCUT2D eigenvalue weighted by Crippen LogP contribution is -2.50. The average Bonchev–Trinajstić information content (AvgIpc) is 4.04. The molecule has 8 nitrogen and oxygen atoms in total. The number of hydrogen-bond donors (Lipinski definition) is 0. The fraction of sp³-hybridized carbons (Fsp3) is 0.800. The number of carbonyl (C=O) groups is 3. The Kier molecular flexibility index (Phi) is 19.9. The van der Waals surface area contributed by atoms with Crippen molar-refractivity contribution in [2.75, 3.05) is 18.6 Å². The molecule has 0 bridgehead atoms. The minimum atomic E-state index is -5.39. The number of carbonyl (C=O) groups excluding carboxylic acids is 3. The van der Waals surface area contributed by atoms with Gasteiger partial charge in [-0.05, 0) is 176 Å². The van der Waals surface area contributed by atoms with Gasteiger partial charge >= 0.3 is 15.6 Å². The number of unbranched alkanes of at least 4 members (excludes halogenated alkanes) is 1. The van der Waals surface area contributed by atoms with Gasteiger partial charge in [0.25, 0.3) is 0 Å². The molecule has 0 aromatic rings. The Morgan fingerprint density at radius 1 is 0.729 bits per heavy atom. The molecule has 6 unspecified atom stereocenters. The van der Waals surface area contributed by atoms with E-state index in [0.29, 0.717) is 76.2 Å². The number of hydrogen-bond acceptors (Lipinski definition) is 8. The zero-order chi connectivity index (χ0) is 52.3. The maximum absolute atomic E-state index is 12.0. The number of ether oxygens (including phenoxy) is 2. The standard InChI is InChI=1S/C24H34O3.C22H30O2.C4H9F3O3SSi.C4H10.CH2Cl2/c1-15(22-26-12-13-27-22)19-6-7-20-18-5-4-16-14-17(25)8-10-23(16,2)21(18)9-11-24(19,20)3;1-14(13-23)18-6-7-19-17-5-4-15-12-16(24)8-10-21(15,2)20(17)9-11-22(18,19)3;1-12(2,3)10-11(8,9)4(5,6)7;1-3-4-2;2-1-3/h4-5,14-15,18-22H,6-13H2,1-3H3;4-5,12-14,17-20H,6-11H2,1-3H3;1-3H3;3-4H2,1-2H3;1H2/t15-,18?,19+,20?,21?,23-,24+;14-,17?,18-,19?,20?,21+,22-;;;/m01.../s1. The smallest absolute Gasteiger partial charge is 0.350 e. The van der Waals surface area contributed by atoms with Crippen LogP contribution in [-0.2, 0) is 37.8 Å². The van der Waals surface area contributed by atoms with Crippen LogP contribution in [0.15, 0.2) is 47.6 Å². The van der Waals surface area contributed by atoms with E-state index in [-0.39, 0.29) is 28.4 Å². The highest BCUT2D eigenvalue weighted by molar-refractivity contribution is 7.88. The first kappa shape index (κ1) is 59.3. The predicted molar refractivity (Wildman–Crippen MR) is 277 cm³/mol. The number of alkyl halides is 5. The molecule has 0 N–H and O–H groups in total. The number of aldehydes is 1. The van der Waals surface area contributed by atoms with Crippen LogP contribution in [0.4, 0.5) is 13.2 Å². The molecular formula is C55H85Cl2F3O8SSi. The first-order valence-corrected chi connectivity index (χ1v) is 32.2. The second-order valence-electron chi connectivity index (χ2n) is 23.9. The molecule has 1 heterocycles. The quantitative estimate of drug-likeness (QED) is 0.107. The largest absolute Gasteiger partial charge is 0.522 e. The van der Waals surface area contributed by atoms with E-state index in [1.807, 2.05) is 12.2 Å². The van der Waals surface area contributed by atoms with Crippen molar-refractivity contribution in [2.45, 2.75) is 177 Å². The van der Waals surface area contributed by atoms with Gasteiger partial charge in [-0.3, -0.25) is 9.59 Å². The predicted octanol–water partition coefficient (Wildman–Crippen LogP) is 14.6. The van der Waals surface area contributed by atoms with Crippen molar-refractivity contribution in [2.24, 2.45) is 80.8 Å². The molecule has 9 aliphatic rings.